The number of benzene rings is 3. The maximum Gasteiger partial charge on any atom is 0.328 e. The minimum absolute atomic E-state index is 0.163. The summed E-state index contributed by atoms with van der Waals surface area (Å²) in [5, 5.41) is 0. The van der Waals surface area contributed by atoms with Crippen LogP contribution in [-0.4, -0.2) is 38.4 Å². The van der Waals surface area contributed by atoms with Gasteiger partial charge in [0, 0.05) is 6.54 Å². The van der Waals surface area contributed by atoms with Crippen LogP contribution >= 0.6 is 0 Å². The van der Waals surface area contributed by atoms with Gasteiger partial charge in [-0.05, 0) is 47.2 Å². The number of methoxy groups -OCH3 is 1. The lowest BCUT2D eigenvalue weighted by Gasteiger charge is -2.36. The number of hydrogen-bond acceptors (Lipinski definition) is 4. The molecule has 3 aromatic carbocycles. The number of nitrogens with zero attached hydrogens (tertiary/aromatic N) is 1. The van der Waals surface area contributed by atoms with Gasteiger partial charge in [0.25, 0.3) is 0 Å². The van der Waals surface area contributed by atoms with Crippen LogP contribution in [0.4, 0.5) is 0 Å². The fourth-order valence-corrected chi connectivity index (χ4v) is 5.86. The Morgan fingerprint density at radius 1 is 0.844 bits per heavy atom. The molecule has 5 nitrogen and oxygen atoms in total. The second-order valence-corrected chi connectivity index (χ2v) is 9.48. The van der Waals surface area contributed by atoms with Crippen molar-refractivity contribution in [1.82, 2.24) is 4.31 Å². The Morgan fingerprint density at radius 3 is 1.84 bits per heavy atom. The Labute approximate surface area is 189 Å². The maximum atomic E-state index is 13.6. The van der Waals surface area contributed by atoms with Gasteiger partial charge in [-0.15, -0.1) is 0 Å². The highest BCUT2D eigenvalue weighted by Crippen LogP contribution is 2.37. The predicted octanol–water partition coefficient (Wildman–Crippen LogP) is 4.51. The van der Waals surface area contributed by atoms with Gasteiger partial charge < -0.3 is 4.74 Å². The molecule has 1 unspecified atom stereocenters. The van der Waals surface area contributed by atoms with E-state index >= 15 is 0 Å². The van der Waals surface area contributed by atoms with E-state index in [9.17, 15) is 13.2 Å². The van der Waals surface area contributed by atoms with Crippen LogP contribution in [0.25, 0.3) is 5.57 Å². The van der Waals surface area contributed by atoms with Crippen molar-refractivity contribution in [2.24, 2.45) is 0 Å². The zero-order valence-electron chi connectivity index (χ0n) is 17.8. The topological polar surface area (TPSA) is 63.7 Å². The highest BCUT2D eigenvalue weighted by Gasteiger charge is 2.42. The van der Waals surface area contributed by atoms with Crippen LogP contribution in [-0.2, 0) is 19.6 Å². The normalized spacial score (nSPS) is 17.0. The molecule has 4 rings (SSSR count). The van der Waals surface area contributed by atoms with Crippen LogP contribution < -0.4 is 0 Å². The first-order valence-corrected chi connectivity index (χ1v) is 12.0. The van der Waals surface area contributed by atoms with Crippen molar-refractivity contribution in [3.05, 3.63) is 108 Å². The van der Waals surface area contributed by atoms with E-state index in [-0.39, 0.29) is 11.4 Å². The highest BCUT2D eigenvalue weighted by atomic mass is 32.2. The number of ether oxygens (including phenoxy) is 1. The summed E-state index contributed by atoms with van der Waals surface area (Å²) in [6.45, 7) is 0.247. The molecule has 1 fully saturated rings. The van der Waals surface area contributed by atoms with Crippen LogP contribution in [0.1, 0.15) is 24.0 Å². The summed E-state index contributed by atoms with van der Waals surface area (Å²) in [5.74, 6) is -0.580. The number of rotatable bonds is 5. The van der Waals surface area contributed by atoms with Crippen molar-refractivity contribution >= 4 is 21.6 Å². The van der Waals surface area contributed by atoms with Gasteiger partial charge in [0.05, 0.1) is 12.0 Å². The van der Waals surface area contributed by atoms with Gasteiger partial charge in [-0.3, -0.25) is 0 Å². The molecule has 0 amide bonds. The maximum absolute atomic E-state index is 13.6. The van der Waals surface area contributed by atoms with Crippen LogP contribution in [0.5, 0.6) is 0 Å². The SMILES string of the molecule is COC(=O)C1C(=C(c2ccccc2)c2ccccc2)CCCN1S(=O)(=O)c1ccccc1. The van der Waals surface area contributed by atoms with E-state index in [2.05, 4.69) is 0 Å². The summed E-state index contributed by atoms with van der Waals surface area (Å²) in [4.78, 5) is 13.2. The smallest absolute Gasteiger partial charge is 0.328 e. The Hall–Kier alpha value is -3.22. The molecule has 0 radical (unpaired) electrons. The van der Waals surface area contributed by atoms with Crippen LogP contribution in [0.2, 0.25) is 0 Å². The van der Waals surface area contributed by atoms with Gasteiger partial charge in [-0.25, -0.2) is 13.2 Å². The van der Waals surface area contributed by atoms with Crippen molar-refractivity contribution in [1.29, 1.82) is 0 Å². The number of piperidine rings is 1. The lowest BCUT2D eigenvalue weighted by molar-refractivity contribution is -0.144. The number of carbonyl (C=O) groups is 1. The van der Waals surface area contributed by atoms with Crippen molar-refractivity contribution < 1.29 is 17.9 Å². The van der Waals surface area contributed by atoms with Crippen LogP contribution in [0, 0.1) is 0 Å². The minimum Gasteiger partial charge on any atom is -0.468 e. The zero-order chi connectivity index (χ0) is 22.6. The molecule has 32 heavy (non-hydrogen) atoms. The highest BCUT2D eigenvalue weighted by molar-refractivity contribution is 7.89. The standard InChI is InChI=1S/C26H25NO4S/c1-31-26(28)25-23(18-11-19-27(25)32(29,30)22-16-9-4-10-17-22)24(20-12-5-2-6-13-20)21-14-7-3-8-15-21/h2-10,12-17,25H,11,18-19H2,1H3. The molecule has 0 spiro atoms. The summed E-state index contributed by atoms with van der Waals surface area (Å²) in [6.07, 6.45) is 1.21. The number of esters is 1. The Balaban J connectivity index is 1.94. The Kier molecular flexibility index (Phi) is 6.53. The van der Waals surface area contributed by atoms with Gasteiger partial charge in [-0.1, -0.05) is 78.9 Å². The molecule has 3 aromatic rings. The number of hydrogen-bond donors (Lipinski definition) is 0. The second kappa shape index (κ2) is 9.51. The lowest BCUT2D eigenvalue weighted by Crippen LogP contribution is -2.50. The molecule has 164 valence electrons. The molecule has 1 heterocycles. The summed E-state index contributed by atoms with van der Waals surface area (Å²) >= 11 is 0. The zero-order valence-corrected chi connectivity index (χ0v) is 18.7. The van der Waals surface area contributed by atoms with E-state index in [1.807, 2.05) is 60.7 Å². The molecular weight excluding hydrogens is 422 g/mol. The first-order valence-electron chi connectivity index (χ1n) is 10.5. The second-order valence-electron chi connectivity index (χ2n) is 7.59. The van der Waals surface area contributed by atoms with Crippen molar-refractivity contribution in [2.75, 3.05) is 13.7 Å². The monoisotopic (exact) mass is 447 g/mol. The molecule has 1 saturated heterocycles. The Bertz CT molecular complexity index is 1160. The van der Waals surface area contributed by atoms with Gasteiger partial charge in [0.2, 0.25) is 10.0 Å². The van der Waals surface area contributed by atoms with E-state index in [1.54, 1.807) is 30.3 Å². The third kappa shape index (κ3) is 4.24. The van der Waals surface area contributed by atoms with Crippen LogP contribution in [0.3, 0.4) is 0 Å². The average molecular weight is 448 g/mol. The predicted molar refractivity (Wildman–Crippen MR) is 124 cm³/mol. The van der Waals surface area contributed by atoms with E-state index in [1.165, 1.54) is 11.4 Å². The van der Waals surface area contributed by atoms with E-state index in [4.69, 9.17) is 4.74 Å². The largest absolute Gasteiger partial charge is 0.468 e. The fourth-order valence-electron chi connectivity index (χ4n) is 4.23. The van der Waals surface area contributed by atoms with Crippen molar-refractivity contribution in [3.8, 4) is 0 Å². The molecule has 0 aliphatic carbocycles. The van der Waals surface area contributed by atoms with E-state index < -0.39 is 22.0 Å². The van der Waals surface area contributed by atoms with Crippen LogP contribution in [0.15, 0.2) is 101 Å². The molecular formula is C26H25NO4S. The molecule has 0 N–H and O–H groups in total. The average Bonchev–Trinajstić information content (AvgIpc) is 2.85. The lowest BCUT2D eigenvalue weighted by atomic mass is 9.85. The van der Waals surface area contributed by atoms with E-state index in [0.29, 0.717) is 12.8 Å². The molecule has 1 aliphatic rings. The number of sulfonamides is 1. The molecule has 0 aromatic heterocycles. The first kappa shape index (κ1) is 22.0. The fraction of sp³-hybridized carbons (Fsp3) is 0.192. The van der Waals surface area contributed by atoms with Gasteiger partial charge in [0.1, 0.15) is 6.04 Å². The third-order valence-corrected chi connectivity index (χ3v) is 7.54. The molecule has 6 heteroatoms. The van der Waals surface area contributed by atoms with Crippen molar-refractivity contribution in [3.63, 3.8) is 0 Å². The van der Waals surface area contributed by atoms with Gasteiger partial charge in [0.15, 0.2) is 0 Å². The molecule has 1 aliphatic heterocycles. The third-order valence-electron chi connectivity index (χ3n) is 5.66. The minimum atomic E-state index is -3.90. The molecule has 0 bridgehead atoms. The van der Waals surface area contributed by atoms with E-state index in [0.717, 1.165) is 22.3 Å². The quantitative estimate of drug-likeness (QED) is 0.540. The molecule has 0 saturated carbocycles. The van der Waals surface area contributed by atoms with Gasteiger partial charge in [-0.2, -0.15) is 4.31 Å². The van der Waals surface area contributed by atoms with Gasteiger partial charge >= 0.3 is 5.97 Å². The Morgan fingerprint density at radius 2 is 1.34 bits per heavy atom. The summed E-state index contributed by atoms with van der Waals surface area (Å²) in [7, 11) is -2.60. The summed E-state index contributed by atoms with van der Waals surface area (Å²) < 4.78 is 33.5. The summed E-state index contributed by atoms with van der Waals surface area (Å²) in [5.41, 5.74) is 3.48. The number of carbonyl (C=O) groups excluding carboxylic acids is 1. The van der Waals surface area contributed by atoms with Crippen molar-refractivity contribution in [2.45, 2.75) is 23.8 Å². The molecule has 1 atom stereocenters. The first-order chi connectivity index (χ1) is 15.5. The summed E-state index contributed by atoms with van der Waals surface area (Å²) in [6, 6.07) is 26.7.